The lowest BCUT2D eigenvalue weighted by Gasteiger charge is -2.10. The van der Waals surface area contributed by atoms with Crippen LogP contribution in [0.4, 0.5) is 5.69 Å². The normalized spacial score (nSPS) is 10.7. The number of hydrogen-bond acceptors (Lipinski definition) is 5. The number of halogens is 2. The third-order valence-electron chi connectivity index (χ3n) is 4.19. The SMILES string of the molecule is O=C(NC(=S)Nc1ccc2oc(-c3ccc(O)c(Br)c3)nc2c1)c1ccccc1Cl. The van der Waals surface area contributed by atoms with E-state index in [1.165, 1.54) is 0 Å². The molecule has 30 heavy (non-hydrogen) atoms. The molecule has 3 N–H and O–H groups in total. The molecule has 150 valence electrons. The molecule has 0 bridgehead atoms. The van der Waals surface area contributed by atoms with Gasteiger partial charge in [0.25, 0.3) is 5.91 Å². The summed E-state index contributed by atoms with van der Waals surface area (Å²) in [5, 5.41) is 15.7. The van der Waals surface area contributed by atoms with Crippen LogP contribution in [0.5, 0.6) is 5.75 Å². The number of phenols is 1. The summed E-state index contributed by atoms with van der Waals surface area (Å²) in [7, 11) is 0. The van der Waals surface area contributed by atoms with Gasteiger partial charge in [-0.1, -0.05) is 23.7 Å². The molecule has 0 radical (unpaired) electrons. The van der Waals surface area contributed by atoms with Gasteiger partial charge in [-0.15, -0.1) is 0 Å². The van der Waals surface area contributed by atoms with E-state index in [-0.39, 0.29) is 10.9 Å². The molecule has 4 rings (SSSR count). The first-order valence-electron chi connectivity index (χ1n) is 8.67. The van der Waals surface area contributed by atoms with E-state index in [0.29, 0.717) is 43.3 Å². The number of amides is 1. The minimum absolute atomic E-state index is 0.130. The van der Waals surface area contributed by atoms with Crippen molar-refractivity contribution in [2.24, 2.45) is 0 Å². The van der Waals surface area contributed by atoms with Crippen LogP contribution in [0.15, 0.2) is 69.6 Å². The summed E-state index contributed by atoms with van der Waals surface area (Å²) >= 11 is 14.5. The van der Waals surface area contributed by atoms with Crippen LogP contribution in [0.1, 0.15) is 10.4 Å². The number of hydrogen-bond donors (Lipinski definition) is 3. The van der Waals surface area contributed by atoms with E-state index in [4.69, 9.17) is 28.2 Å². The Balaban J connectivity index is 1.51. The molecule has 0 saturated heterocycles. The minimum Gasteiger partial charge on any atom is -0.507 e. The van der Waals surface area contributed by atoms with Crippen LogP contribution in [0.3, 0.4) is 0 Å². The highest BCUT2D eigenvalue weighted by Gasteiger charge is 2.13. The molecule has 0 saturated carbocycles. The van der Waals surface area contributed by atoms with Crippen LogP contribution in [0, 0.1) is 0 Å². The van der Waals surface area contributed by atoms with Crippen LogP contribution in [0.25, 0.3) is 22.6 Å². The average molecular weight is 503 g/mol. The van der Waals surface area contributed by atoms with Gasteiger partial charge in [-0.3, -0.25) is 10.1 Å². The number of benzene rings is 3. The molecule has 0 aliphatic rings. The number of phenolic OH excluding ortho intramolecular Hbond substituents is 1. The van der Waals surface area contributed by atoms with E-state index in [2.05, 4.69) is 31.5 Å². The average Bonchev–Trinajstić information content (AvgIpc) is 3.13. The van der Waals surface area contributed by atoms with E-state index >= 15 is 0 Å². The number of oxazole rings is 1. The lowest BCUT2D eigenvalue weighted by Crippen LogP contribution is -2.34. The van der Waals surface area contributed by atoms with Gasteiger partial charge in [-0.05, 0) is 76.7 Å². The fourth-order valence-electron chi connectivity index (χ4n) is 2.75. The van der Waals surface area contributed by atoms with Crippen LogP contribution in [-0.4, -0.2) is 21.1 Å². The third kappa shape index (κ3) is 4.30. The molecular formula is C21H13BrClN3O3S. The molecule has 0 fully saturated rings. The molecular weight excluding hydrogens is 490 g/mol. The molecule has 3 aromatic carbocycles. The predicted molar refractivity (Wildman–Crippen MR) is 124 cm³/mol. The lowest BCUT2D eigenvalue weighted by molar-refractivity contribution is 0.0978. The quantitative estimate of drug-likeness (QED) is 0.310. The summed E-state index contributed by atoms with van der Waals surface area (Å²) in [6.07, 6.45) is 0. The highest BCUT2D eigenvalue weighted by atomic mass is 79.9. The van der Waals surface area contributed by atoms with E-state index < -0.39 is 5.91 Å². The first-order chi connectivity index (χ1) is 14.4. The number of anilines is 1. The second-order valence-electron chi connectivity index (χ2n) is 6.26. The Morgan fingerprint density at radius 3 is 2.70 bits per heavy atom. The number of carbonyl (C=O) groups is 1. The Hall–Kier alpha value is -2.94. The van der Waals surface area contributed by atoms with Gasteiger partial charge in [-0.2, -0.15) is 0 Å². The number of aromatic nitrogens is 1. The Labute approximate surface area is 190 Å². The first-order valence-corrected chi connectivity index (χ1v) is 10.2. The van der Waals surface area contributed by atoms with Gasteiger partial charge in [0.2, 0.25) is 5.89 Å². The van der Waals surface area contributed by atoms with Crippen LogP contribution in [-0.2, 0) is 0 Å². The molecule has 1 heterocycles. The van der Waals surface area contributed by atoms with Crippen molar-refractivity contribution in [2.75, 3.05) is 5.32 Å². The first kappa shape index (κ1) is 20.3. The summed E-state index contributed by atoms with van der Waals surface area (Å²) in [4.78, 5) is 16.8. The number of nitrogens with one attached hydrogen (secondary N) is 2. The highest BCUT2D eigenvalue weighted by molar-refractivity contribution is 9.10. The van der Waals surface area contributed by atoms with Crippen molar-refractivity contribution in [1.29, 1.82) is 0 Å². The maximum atomic E-state index is 12.3. The van der Waals surface area contributed by atoms with Crippen molar-refractivity contribution in [3.05, 3.63) is 75.7 Å². The standard InChI is InChI=1S/C21H13BrClN3O3S/c22-14-9-11(5-7-17(14)27)20-25-16-10-12(6-8-18(16)29-20)24-21(30)26-19(28)13-3-1-2-4-15(13)23/h1-10,27H,(H2,24,26,28,30). The van der Waals surface area contributed by atoms with Crippen molar-refractivity contribution in [1.82, 2.24) is 10.3 Å². The highest BCUT2D eigenvalue weighted by Crippen LogP contribution is 2.31. The van der Waals surface area contributed by atoms with E-state index in [1.54, 1.807) is 60.7 Å². The van der Waals surface area contributed by atoms with Crippen LogP contribution < -0.4 is 10.6 Å². The van der Waals surface area contributed by atoms with Crippen molar-refractivity contribution in [3.8, 4) is 17.2 Å². The summed E-state index contributed by atoms with van der Waals surface area (Å²) in [6, 6.07) is 17.0. The topological polar surface area (TPSA) is 87.4 Å². The van der Waals surface area contributed by atoms with Crippen molar-refractivity contribution in [2.45, 2.75) is 0 Å². The molecule has 6 nitrogen and oxygen atoms in total. The van der Waals surface area contributed by atoms with E-state index in [1.807, 2.05) is 0 Å². The van der Waals surface area contributed by atoms with Gasteiger partial charge in [0, 0.05) is 11.3 Å². The number of thiocarbonyl (C=S) groups is 1. The molecule has 0 spiro atoms. The van der Waals surface area contributed by atoms with Crippen molar-refractivity contribution < 1.29 is 14.3 Å². The molecule has 9 heteroatoms. The summed E-state index contributed by atoms with van der Waals surface area (Å²) in [5.41, 5.74) is 2.89. The second-order valence-corrected chi connectivity index (χ2v) is 7.93. The van der Waals surface area contributed by atoms with Gasteiger partial charge in [0.15, 0.2) is 10.7 Å². The Morgan fingerprint density at radius 1 is 1.13 bits per heavy atom. The molecule has 4 aromatic rings. The van der Waals surface area contributed by atoms with Crippen molar-refractivity contribution in [3.63, 3.8) is 0 Å². The van der Waals surface area contributed by atoms with Gasteiger partial charge < -0.3 is 14.8 Å². The monoisotopic (exact) mass is 501 g/mol. The molecule has 1 aromatic heterocycles. The number of nitrogens with zero attached hydrogens (tertiary/aromatic N) is 1. The summed E-state index contributed by atoms with van der Waals surface area (Å²) in [6.45, 7) is 0. The Kier molecular flexibility index (Phi) is 5.72. The smallest absolute Gasteiger partial charge is 0.258 e. The van der Waals surface area contributed by atoms with E-state index in [0.717, 1.165) is 0 Å². The molecule has 0 aliphatic heterocycles. The van der Waals surface area contributed by atoms with Crippen LogP contribution >= 0.6 is 39.7 Å². The lowest BCUT2D eigenvalue weighted by atomic mass is 10.2. The summed E-state index contributed by atoms with van der Waals surface area (Å²) < 4.78 is 6.33. The maximum Gasteiger partial charge on any atom is 0.258 e. The zero-order chi connectivity index (χ0) is 21.3. The number of rotatable bonds is 3. The fourth-order valence-corrected chi connectivity index (χ4v) is 3.56. The zero-order valence-electron chi connectivity index (χ0n) is 15.1. The molecule has 0 unspecified atom stereocenters. The van der Waals surface area contributed by atoms with Gasteiger partial charge in [-0.25, -0.2) is 4.98 Å². The van der Waals surface area contributed by atoms with E-state index in [9.17, 15) is 9.90 Å². The third-order valence-corrected chi connectivity index (χ3v) is 5.35. The summed E-state index contributed by atoms with van der Waals surface area (Å²) in [5.74, 6) is 0.145. The zero-order valence-corrected chi connectivity index (χ0v) is 18.3. The van der Waals surface area contributed by atoms with Gasteiger partial charge in [0.05, 0.1) is 15.1 Å². The fraction of sp³-hybridized carbons (Fsp3) is 0. The minimum atomic E-state index is -0.402. The molecule has 0 aliphatic carbocycles. The van der Waals surface area contributed by atoms with Crippen LogP contribution in [0.2, 0.25) is 5.02 Å². The Morgan fingerprint density at radius 2 is 1.93 bits per heavy atom. The van der Waals surface area contributed by atoms with Gasteiger partial charge >= 0.3 is 0 Å². The Bertz CT molecular complexity index is 1290. The number of fused-ring (bicyclic) bond motifs is 1. The molecule has 1 amide bonds. The second kappa shape index (κ2) is 8.43. The van der Waals surface area contributed by atoms with Crippen molar-refractivity contribution >= 4 is 67.6 Å². The maximum absolute atomic E-state index is 12.3. The predicted octanol–water partition coefficient (Wildman–Crippen LogP) is 5.74. The molecule has 0 atom stereocenters. The van der Waals surface area contributed by atoms with Gasteiger partial charge in [0.1, 0.15) is 11.3 Å². The number of aromatic hydroxyl groups is 1. The number of carbonyl (C=O) groups excluding carboxylic acids is 1. The largest absolute Gasteiger partial charge is 0.507 e.